The van der Waals surface area contributed by atoms with Crippen LogP contribution in [0.25, 0.3) is 11.0 Å². The van der Waals surface area contributed by atoms with Crippen molar-refractivity contribution in [2.24, 2.45) is 5.73 Å². The first-order valence-electron chi connectivity index (χ1n) is 6.97. The molecule has 0 aliphatic heterocycles. The van der Waals surface area contributed by atoms with Gasteiger partial charge in [0, 0.05) is 23.5 Å². The Morgan fingerprint density at radius 2 is 2.00 bits per heavy atom. The van der Waals surface area contributed by atoms with E-state index in [2.05, 4.69) is 25.2 Å². The van der Waals surface area contributed by atoms with Gasteiger partial charge in [0.05, 0.1) is 12.7 Å². The largest absolute Gasteiger partial charge is 0.464 e. The SMILES string of the molecule is Cc1cc2occ(CC(=O)NCCC(C)N)c2cc1C.Cl. The fraction of sp³-hybridized carbons (Fsp3) is 0.438. The lowest BCUT2D eigenvalue weighted by molar-refractivity contribution is -0.120. The number of nitrogens with one attached hydrogen (secondary N) is 1. The van der Waals surface area contributed by atoms with E-state index in [0.717, 1.165) is 23.0 Å². The summed E-state index contributed by atoms with van der Waals surface area (Å²) in [6, 6.07) is 4.21. The topological polar surface area (TPSA) is 68.3 Å². The highest BCUT2D eigenvalue weighted by Crippen LogP contribution is 2.25. The first-order chi connectivity index (χ1) is 9.47. The lowest BCUT2D eigenvalue weighted by Crippen LogP contribution is -2.29. The van der Waals surface area contributed by atoms with Crippen molar-refractivity contribution in [3.8, 4) is 0 Å². The lowest BCUT2D eigenvalue weighted by Gasteiger charge is -2.07. The number of furan rings is 1. The second kappa shape index (κ2) is 7.48. The molecule has 0 saturated carbocycles. The second-order valence-electron chi connectivity index (χ2n) is 5.49. The fourth-order valence-electron chi connectivity index (χ4n) is 2.15. The Labute approximate surface area is 131 Å². The van der Waals surface area contributed by atoms with Crippen molar-refractivity contribution in [1.29, 1.82) is 0 Å². The van der Waals surface area contributed by atoms with Crippen molar-refractivity contribution in [1.82, 2.24) is 5.32 Å². The molecular formula is C16H23ClN2O2. The van der Waals surface area contributed by atoms with Crippen LogP contribution in [0.3, 0.4) is 0 Å². The average molecular weight is 311 g/mol. The molecule has 3 N–H and O–H groups in total. The number of nitrogens with two attached hydrogens (primary N) is 1. The summed E-state index contributed by atoms with van der Waals surface area (Å²) in [6.07, 6.45) is 2.80. The maximum atomic E-state index is 11.9. The van der Waals surface area contributed by atoms with E-state index in [9.17, 15) is 4.79 Å². The number of fused-ring (bicyclic) bond motifs is 1. The monoisotopic (exact) mass is 310 g/mol. The normalized spacial score (nSPS) is 12.0. The molecule has 0 fully saturated rings. The highest BCUT2D eigenvalue weighted by Gasteiger charge is 2.11. The molecule has 0 spiro atoms. The molecule has 0 aliphatic rings. The molecule has 0 bridgehead atoms. The highest BCUT2D eigenvalue weighted by atomic mass is 35.5. The first kappa shape index (κ1) is 17.5. The molecule has 1 unspecified atom stereocenters. The number of carbonyl (C=O) groups is 1. The number of rotatable bonds is 5. The number of hydrogen-bond acceptors (Lipinski definition) is 3. The van der Waals surface area contributed by atoms with Gasteiger partial charge in [-0.25, -0.2) is 0 Å². The second-order valence-corrected chi connectivity index (χ2v) is 5.49. The predicted molar refractivity (Wildman–Crippen MR) is 87.9 cm³/mol. The van der Waals surface area contributed by atoms with E-state index in [4.69, 9.17) is 10.2 Å². The summed E-state index contributed by atoms with van der Waals surface area (Å²) in [6.45, 7) is 6.66. The highest BCUT2D eigenvalue weighted by molar-refractivity contribution is 5.88. The van der Waals surface area contributed by atoms with Gasteiger partial charge in [-0.1, -0.05) is 0 Å². The number of halogens is 1. The summed E-state index contributed by atoms with van der Waals surface area (Å²) in [5.41, 5.74) is 9.83. The minimum absolute atomic E-state index is 0. The zero-order valence-electron chi connectivity index (χ0n) is 12.7. The Kier molecular flexibility index (Phi) is 6.24. The lowest BCUT2D eigenvalue weighted by atomic mass is 10.0. The van der Waals surface area contributed by atoms with E-state index < -0.39 is 0 Å². The molecule has 2 aromatic rings. The Balaban J connectivity index is 0.00000220. The average Bonchev–Trinajstić information content (AvgIpc) is 2.72. The van der Waals surface area contributed by atoms with Crippen LogP contribution >= 0.6 is 12.4 Å². The van der Waals surface area contributed by atoms with Crippen molar-refractivity contribution in [2.75, 3.05) is 6.54 Å². The molecule has 1 amide bonds. The Morgan fingerprint density at radius 1 is 1.33 bits per heavy atom. The molecule has 116 valence electrons. The molecule has 0 aliphatic carbocycles. The van der Waals surface area contributed by atoms with E-state index in [1.165, 1.54) is 11.1 Å². The quantitative estimate of drug-likeness (QED) is 0.892. The summed E-state index contributed by atoms with van der Waals surface area (Å²) in [4.78, 5) is 11.9. The van der Waals surface area contributed by atoms with Crippen LogP contribution in [0.1, 0.15) is 30.0 Å². The zero-order valence-corrected chi connectivity index (χ0v) is 13.5. The van der Waals surface area contributed by atoms with Crippen LogP contribution in [0, 0.1) is 13.8 Å². The summed E-state index contributed by atoms with van der Waals surface area (Å²) >= 11 is 0. The number of aryl methyl sites for hydroxylation is 2. The third-order valence-electron chi connectivity index (χ3n) is 3.54. The van der Waals surface area contributed by atoms with Crippen molar-refractivity contribution in [3.63, 3.8) is 0 Å². The summed E-state index contributed by atoms with van der Waals surface area (Å²) in [5.74, 6) is 0.00609. The van der Waals surface area contributed by atoms with E-state index in [-0.39, 0.29) is 24.4 Å². The minimum Gasteiger partial charge on any atom is -0.464 e. The first-order valence-corrected chi connectivity index (χ1v) is 6.97. The van der Waals surface area contributed by atoms with Gasteiger partial charge in [0.2, 0.25) is 5.91 Å². The van der Waals surface area contributed by atoms with Gasteiger partial charge in [0.15, 0.2) is 0 Å². The van der Waals surface area contributed by atoms with Crippen LogP contribution in [0.2, 0.25) is 0 Å². The van der Waals surface area contributed by atoms with E-state index in [1.807, 2.05) is 13.0 Å². The third kappa shape index (κ3) is 4.48. The Bertz CT molecular complexity index is 620. The number of hydrogen-bond donors (Lipinski definition) is 2. The van der Waals surface area contributed by atoms with Gasteiger partial charge >= 0.3 is 0 Å². The van der Waals surface area contributed by atoms with Gasteiger partial charge < -0.3 is 15.5 Å². The van der Waals surface area contributed by atoms with Crippen molar-refractivity contribution in [2.45, 2.75) is 39.7 Å². The standard InChI is InChI=1S/C16H22N2O2.ClH/c1-10-6-14-13(9-20-15(14)7-11(10)2)8-16(19)18-5-4-12(3)17;/h6-7,9,12H,4-5,8,17H2,1-3H3,(H,18,19);1H. The molecule has 0 radical (unpaired) electrons. The van der Waals surface area contributed by atoms with Crippen molar-refractivity contribution >= 4 is 29.3 Å². The molecule has 1 atom stereocenters. The number of benzene rings is 1. The molecule has 1 aromatic carbocycles. The van der Waals surface area contributed by atoms with Gasteiger partial charge in [0.1, 0.15) is 5.58 Å². The van der Waals surface area contributed by atoms with E-state index in [0.29, 0.717) is 13.0 Å². The smallest absolute Gasteiger partial charge is 0.224 e. The maximum absolute atomic E-state index is 11.9. The van der Waals surface area contributed by atoms with Gasteiger partial charge in [-0.05, 0) is 50.5 Å². The third-order valence-corrected chi connectivity index (χ3v) is 3.54. The molecule has 1 heterocycles. The number of amides is 1. The molecule has 1 aromatic heterocycles. The van der Waals surface area contributed by atoms with Crippen molar-refractivity contribution in [3.05, 3.63) is 35.1 Å². The van der Waals surface area contributed by atoms with Gasteiger partial charge in [0.25, 0.3) is 0 Å². The van der Waals surface area contributed by atoms with Crippen LogP contribution in [-0.4, -0.2) is 18.5 Å². The van der Waals surface area contributed by atoms with Crippen LogP contribution < -0.4 is 11.1 Å². The molecule has 0 saturated heterocycles. The zero-order chi connectivity index (χ0) is 14.7. The minimum atomic E-state index is 0. The Hall–Kier alpha value is -1.52. The number of carbonyl (C=O) groups excluding carboxylic acids is 1. The van der Waals surface area contributed by atoms with Crippen LogP contribution in [-0.2, 0) is 11.2 Å². The van der Waals surface area contributed by atoms with Crippen LogP contribution in [0.4, 0.5) is 0 Å². The van der Waals surface area contributed by atoms with Gasteiger partial charge in [-0.2, -0.15) is 0 Å². The van der Waals surface area contributed by atoms with Crippen LogP contribution in [0.5, 0.6) is 0 Å². The fourth-order valence-corrected chi connectivity index (χ4v) is 2.15. The van der Waals surface area contributed by atoms with Gasteiger partial charge in [-0.15, -0.1) is 12.4 Å². The van der Waals surface area contributed by atoms with E-state index in [1.54, 1.807) is 6.26 Å². The molecule has 2 rings (SSSR count). The van der Waals surface area contributed by atoms with Gasteiger partial charge in [-0.3, -0.25) is 4.79 Å². The molecular weight excluding hydrogens is 288 g/mol. The van der Waals surface area contributed by atoms with E-state index >= 15 is 0 Å². The summed E-state index contributed by atoms with van der Waals surface area (Å²) in [7, 11) is 0. The molecule has 4 nitrogen and oxygen atoms in total. The summed E-state index contributed by atoms with van der Waals surface area (Å²) in [5, 5.41) is 3.91. The van der Waals surface area contributed by atoms with Crippen LogP contribution in [0.15, 0.2) is 22.8 Å². The summed E-state index contributed by atoms with van der Waals surface area (Å²) < 4.78 is 5.53. The van der Waals surface area contributed by atoms with Crippen molar-refractivity contribution < 1.29 is 9.21 Å². The predicted octanol–water partition coefficient (Wildman–Crippen LogP) is 2.87. The molecule has 5 heteroatoms. The Morgan fingerprint density at radius 3 is 2.67 bits per heavy atom. The maximum Gasteiger partial charge on any atom is 0.224 e. The molecule has 21 heavy (non-hydrogen) atoms.